The second-order valence-electron chi connectivity index (χ2n) is 7.40. The lowest BCUT2D eigenvalue weighted by molar-refractivity contribution is -0.117. The molecule has 0 fully saturated rings. The molecule has 0 radical (unpaired) electrons. The molecule has 0 saturated carbocycles. The van der Waals surface area contributed by atoms with Crippen molar-refractivity contribution in [3.05, 3.63) is 71.4 Å². The van der Waals surface area contributed by atoms with Crippen LogP contribution in [0.15, 0.2) is 54.6 Å². The van der Waals surface area contributed by atoms with Crippen molar-refractivity contribution in [1.29, 1.82) is 5.41 Å². The number of nitrogens with one attached hydrogen (secondary N) is 2. The summed E-state index contributed by atoms with van der Waals surface area (Å²) in [5.41, 5.74) is 4.12. The van der Waals surface area contributed by atoms with E-state index in [-0.39, 0.29) is 5.78 Å². The van der Waals surface area contributed by atoms with Crippen LogP contribution in [0.25, 0.3) is 10.9 Å². The van der Waals surface area contributed by atoms with Gasteiger partial charge in [-0.15, -0.1) is 0 Å². The Morgan fingerprint density at radius 2 is 1.70 bits per heavy atom. The highest BCUT2D eigenvalue weighted by Gasteiger charge is 2.29. The highest BCUT2D eigenvalue weighted by molar-refractivity contribution is 6.16. The quantitative estimate of drug-likeness (QED) is 0.613. The Morgan fingerprint density at radius 1 is 1.07 bits per heavy atom. The average molecular weight is 361 g/mol. The number of benzene rings is 2. The molecule has 2 unspecified atom stereocenters. The van der Waals surface area contributed by atoms with Crippen molar-refractivity contribution in [3.8, 4) is 0 Å². The predicted molar refractivity (Wildman–Crippen MR) is 112 cm³/mol. The van der Waals surface area contributed by atoms with E-state index in [0.29, 0.717) is 11.8 Å². The molecule has 2 aromatic carbocycles. The number of nitrogens with zero attached hydrogens (tertiary/aromatic N) is 1. The van der Waals surface area contributed by atoms with Gasteiger partial charge in [0.15, 0.2) is 0 Å². The maximum atomic E-state index is 12.6. The predicted octanol–water partition coefficient (Wildman–Crippen LogP) is 4.40. The lowest BCUT2D eigenvalue weighted by Gasteiger charge is -2.22. The normalized spacial score (nSPS) is 13.7. The number of likely N-dealkylation sites (N-methyl/N-ethyl adjacent to an activating group) is 1. The maximum absolute atomic E-state index is 12.6. The largest absolute Gasteiger partial charge is 0.357 e. The summed E-state index contributed by atoms with van der Waals surface area (Å²) in [5, 5.41) is 9.87. The molecule has 0 aliphatic rings. The van der Waals surface area contributed by atoms with Crippen molar-refractivity contribution < 1.29 is 4.79 Å². The van der Waals surface area contributed by atoms with Crippen LogP contribution >= 0.6 is 0 Å². The van der Waals surface area contributed by atoms with E-state index >= 15 is 0 Å². The lowest BCUT2D eigenvalue weighted by atomic mass is 9.87. The molecule has 1 aromatic heterocycles. The SMILES string of the molecule is CC(=O)C(C(=N)c1ccccc1)c1[nH]c2ccccc2c1CC(C)N(C)C. The van der Waals surface area contributed by atoms with Crippen LogP contribution < -0.4 is 0 Å². The minimum atomic E-state index is -0.593. The highest BCUT2D eigenvalue weighted by atomic mass is 16.1. The second kappa shape index (κ2) is 7.89. The van der Waals surface area contributed by atoms with E-state index in [1.807, 2.05) is 48.5 Å². The van der Waals surface area contributed by atoms with E-state index in [1.165, 1.54) is 0 Å². The van der Waals surface area contributed by atoms with Gasteiger partial charge in [0.25, 0.3) is 0 Å². The number of ketones is 1. The molecule has 0 saturated heterocycles. The van der Waals surface area contributed by atoms with Gasteiger partial charge >= 0.3 is 0 Å². The number of H-pyrrole nitrogens is 1. The maximum Gasteiger partial charge on any atom is 0.144 e. The Hall–Kier alpha value is -2.72. The van der Waals surface area contributed by atoms with E-state index in [0.717, 1.165) is 34.1 Å². The van der Waals surface area contributed by atoms with Crippen LogP contribution in [-0.4, -0.2) is 41.5 Å². The summed E-state index contributed by atoms with van der Waals surface area (Å²) in [6.45, 7) is 3.75. The summed E-state index contributed by atoms with van der Waals surface area (Å²) in [7, 11) is 4.13. The lowest BCUT2D eigenvalue weighted by Crippen LogP contribution is -2.28. The fourth-order valence-electron chi connectivity index (χ4n) is 3.50. The number of rotatable bonds is 7. The number of aromatic amines is 1. The summed E-state index contributed by atoms with van der Waals surface area (Å²) >= 11 is 0. The molecule has 140 valence electrons. The third-order valence-electron chi connectivity index (χ3n) is 5.30. The molecule has 2 N–H and O–H groups in total. The molecule has 0 aliphatic carbocycles. The molecular formula is C23H27N3O. The van der Waals surface area contributed by atoms with Gasteiger partial charge in [0.05, 0.1) is 11.6 Å². The Morgan fingerprint density at radius 3 is 2.33 bits per heavy atom. The topological polar surface area (TPSA) is 60.0 Å². The van der Waals surface area contributed by atoms with Gasteiger partial charge in [0.2, 0.25) is 0 Å². The molecule has 0 aliphatic heterocycles. The van der Waals surface area contributed by atoms with Gasteiger partial charge in [-0.3, -0.25) is 4.79 Å². The number of carbonyl (C=O) groups is 1. The zero-order valence-electron chi connectivity index (χ0n) is 16.4. The molecule has 1 heterocycles. The van der Waals surface area contributed by atoms with Crippen molar-refractivity contribution in [2.45, 2.75) is 32.2 Å². The summed E-state index contributed by atoms with van der Waals surface area (Å²) in [6.07, 6.45) is 0.818. The Balaban J connectivity index is 2.14. The smallest absolute Gasteiger partial charge is 0.144 e. The number of para-hydroxylation sites is 1. The summed E-state index contributed by atoms with van der Waals surface area (Å²) in [6, 6.07) is 18.0. The molecule has 0 bridgehead atoms. The highest BCUT2D eigenvalue weighted by Crippen LogP contribution is 2.32. The van der Waals surface area contributed by atoms with Gasteiger partial charge in [-0.2, -0.15) is 0 Å². The van der Waals surface area contributed by atoms with Crippen molar-refractivity contribution in [3.63, 3.8) is 0 Å². The van der Waals surface area contributed by atoms with E-state index in [9.17, 15) is 4.79 Å². The number of hydrogen-bond donors (Lipinski definition) is 2. The van der Waals surface area contributed by atoms with E-state index < -0.39 is 5.92 Å². The first-order chi connectivity index (χ1) is 12.9. The number of Topliss-reactive ketones (excluding diaryl/α,β-unsaturated/α-hetero) is 1. The molecule has 27 heavy (non-hydrogen) atoms. The fourth-order valence-corrected chi connectivity index (χ4v) is 3.50. The van der Waals surface area contributed by atoms with Crippen LogP contribution in [-0.2, 0) is 11.2 Å². The number of hydrogen-bond acceptors (Lipinski definition) is 3. The molecule has 4 heteroatoms. The molecular weight excluding hydrogens is 334 g/mol. The summed E-state index contributed by atoms with van der Waals surface area (Å²) < 4.78 is 0. The Labute approximate surface area is 160 Å². The summed E-state index contributed by atoms with van der Waals surface area (Å²) in [5.74, 6) is -0.613. The third kappa shape index (κ3) is 3.86. The molecule has 4 nitrogen and oxygen atoms in total. The van der Waals surface area contributed by atoms with Crippen LogP contribution in [0.3, 0.4) is 0 Å². The second-order valence-corrected chi connectivity index (χ2v) is 7.40. The van der Waals surface area contributed by atoms with Gasteiger partial charge in [-0.25, -0.2) is 0 Å². The third-order valence-corrected chi connectivity index (χ3v) is 5.30. The Bertz CT molecular complexity index is 956. The number of aromatic nitrogens is 1. The minimum Gasteiger partial charge on any atom is -0.357 e. The Kier molecular flexibility index (Phi) is 5.57. The first kappa shape index (κ1) is 19.1. The number of fused-ring (bicyclic) bond motifs is 1. The molecule has 3 aromatic rings. The van der Waals surface area contributed by atoms with Crippen molar-refractivity contribution in [1.82, 2.24) is 9.88 Å². The monoisotopic (exact) mass is 361 g/mol. The molecule has 0 spiro atoms. The van der Waals surface area contributed by atoms with Crippen LogP contribution in [0.1, 0.15) is 36.6 Å². The molecule has 0 amide bonds. The summed E-state index contributed by atoms with van der Waals surface area (Å²) in [4.78, 5) is 18.3. The zero-order chi connectivity index (χ0) is 19.6. The van der Waals surface area contributed by atoms with Gasteiger partial charge in [0, 0.05) is 22.6 Å². The van der Waals surface area contributed by atoms with Crippen LogP contribution in [0.2, 0.25) is 0 Å². The van der Waals surface area contributed by atoms with Crippen molar-refractivity contribution >= 4 is 22.4 Å². The van der Waals surface area contributed by atoms with Gasteiger partial charge in [0.1, 0.15) is 5.78 Å². The van der Waals surface area contributed by atoms with E-state index in [4.69, 9.17) is 5.41 Å². The zero-order valence-corrected chi connectivity index (χ0v) is 16.4. The van der Waals surface area contributed by atoms with Crippen LogP contribution in [0.5, 0.6) is 0 Å². The van der Waals surface area contributed by atoms with Crippen molar-refractivity contribution in [2.75, 3.05) is 14.1 Å². The van der Waals surface area contributed by atoms with Crippen molar-refractivity contribution in [2.24, 2.45) is 0 Å². The van der Waals surface area contributed by atoms with E-state index in [1.54, 1.807) is 6.92 Å². The first-order valence-corrected chi connectivity index (χ1v) is 9.30. The fraction of sp³-hybridized carbons (Fsp3) is 0.304. The van der Waals surface area contributed by atoms with Crippen LogP contribution in [0.4, 0.5) is 0 Å². The number of carbonyl (C=O) groups excluding carboxylic acids is 1. The molecule has 3 rings (SSSR count). The first-order valence-electron chi connectivity index (χ1n) is 9.30. The van der Waals surface area contributed by atoms with Gasteiger partial charge in [-0.05, 0) is 51.6 Å². The molecule has 2 atom stereocenters. The van der Waals surface area contributed by atoms with Gasteiger partial charge in [-0.1, -0.05) is 48.5 Å². The standard InChI is InChI=1S/C23H27N3O/c1-15(26(3)4)14-19-18-12-8-9-13-20(18)25-23(19)21(16(2)27)22(24)17-10-6-5-7-11-17/h5-13,15,21,24-25H,14H2,1-4H3. The minimum absolute atomic E-state index is 0.0193. The van der Waals surface area contributed by atoms with Gasteiger partial charge < -0.3 is 15.3 Å². The van der Waals surface area contributed by atoms with Crippen LogP contribution in [0, 0.1) is 5.41 Å². The average Bonchev–Trinajstić information content (AvgIpc) is 3.00. The van der Waals surface area contributed by atoms with E-state index in [2.05, 4.69) is 37.0 Å².